The van der Waals surface area contributed by atoms with E-state index in [0.717, 1.165) is 10.9 Å². The molecular weight excluding hydrogens is 302 g/mol. The number of rotatable bonds is 4. The van der Waals surface area contributed by atoms with E-state index in [0.29, 0.717) is 25.4 Å². The average molecular weight is 321 g/mol. The molecule has 2 aromatic rings. The van der Waals surface area contributed by atoms with Gasteiger partial charge in [0.1, 0.15) is 6.10 Å². The molecular formula is C15H19N3O3S. The van der Waals surface area contributed by atoms with Crippen LogP contribution in [0.25, 0.3) is 10.9 Å². The van der Waals surface area contributed by atoms with Gasteiger partial charge in [0, 0.05) is 32.1 Å². The number of hydrogen-bond acceptors (Lipinski definition) is 4. The first-order valence-electron chi connectivity index (χ1n) is 7.17. The van der Waals surface area contributed by atoms with E-state index < -0.39 is 10.2 Å². The predicted molar refractivity (Wildman–Crippen MR) is 85.0 cm³/mol. The molecule has 1 aliphatic heterocycles. The van der Waals surface area contributed by atoms with E-state index in [-0.39, 0.29) is 6.10 Å². The molecule has 0 spiro atoms. The van der Waals surface area contributed by atoms with E-state index >= 15 is 0 Å². The predicted octanol–water partition coefficient (Wildman–Crippen LogP) is 1.49. The summed E-state index contributed by atoms with van der Waals surface area (Å²) in [5.41, 5.74) is 0.871. The van der Waals surface area contributed by atoms with Gasteiger partial charge in [0.05, 0.1) is 12.1 Å². The molecule has 1 atom stereocenters. The zero-order valence-electron chi connectivity index (χ0n) is 12.6. The zero-order chi connectivity index (χ0) is 15.7. The van der Waals surface area contributed by atoms with Crippen LogP contribution < -0.4 is 4.74 Å². The Bertz CT molecular complexity index is 776. The van der Waals surface area contributed by atoms with Gasteiger partial charge in [-0.2, -0.15) is 17.0 Å². The fourth-order valence-electron chi connectivity index (χ4n) is 2.52. The SMILES string of the molecule is CN(C)S(=O)(=O)N1CCC(Oc2ccc3ccccc3n2)C1. The topological polar surface area (TPSA) is 62.7 Å². The van der Waals surface area contributed by atoms with Crippen molar-refractivity contribution < 1.29 is 13.2 Å². The fraction of sp³-hybridized carbons (Fsp3) is 0.400. The van der Waals surface area contributed by atoms with Crippen molar-refractivity contribution >= 4 is 21.1 Å². The van der Waals surface area contributed by atoms with Crippen molar-refractivity contribution in [2.24, 2.45) is 0 Å². The van der Waals surface area contributed by atoms with Crippen LogP contribution in [0.15, 0.2) is 36.4 Å². The van der Waals surface area contributed by atoms with E-state index in [1.54, 1.807) is 0 Å². The van der Waals surface area contributed by atoms with E-state index in [1.807, 2.05) is 36.4 Å². The van der Waals surface area contributed by atoms with Crippen molar-refractivity contribution in [3.05, 3.63) is 36.4 Å². The van der Waals surface area contributed by atoms with E-state index in [2.05, 4.69) is 4.98 Å². The number of pyridine rings is 1. The highest BCUT2D eigenvalue weighted by atomic mass is 32.2. The summed E-state index contributed by atoms with van der Waals surface area (Å²) in [7, 11) is -0.298. The van der Waals surface area contributed by atoms with Gasteiger partial charge in [0.2, 0.25) is 5.88 Å². The minimum Gasteiger partial charge on any atom is -0.473 e. The van der Waals surface area contributed by atoms with Crippen LogP contribution in [0.4, 0.5) is 0 Å². The number of fused-ring (bicyclic) bond motifs is 1. The van der Waals surface area contributed by atoms with Gasteiger partial charge < -0.3 is 4.74 Å². The quantitative estimate of drug-likeness (QED) is 0.856. The molecule has 22 heavy (non-hydrogen) atoms. The summed E-state index contributed by atoms with van der Waals surface area (Å²) in [4.78, 5) is 4.46. The van der Waals surface area contributed by atoms with E-state index in [1.165, 1.54) is 22.7 Å². The van der Waals surface area contributed by atoms with Crippen molar-refractivity contribution in [3.8, 4) is 5.88 Å². The molecule has 7 heteroatoms. The molecule has 1 fully saturated rings. The maximum Gasteiger partial charge on any atom is 0.281 e. The molecule has 1 aromatic heterocycles. The Hall–Kier alpha value is -1.70. The van der Waals surface area contributed by atoms with Crippen LogP contribution in [0.3, 0.4) is 0 Å². The Balaban J connectivity index is 1.71. The second-order valence-electron chi connectivity index (χ2n) is 5.52. The number of para-hydroxylation sites is 1. The number of ether oxygens (including phenoxy) is 1. The lowest BCUT2D eigenvalue weighted by atomic mass is 10.2. The van der Waals surface area contributed by atoms with Crippen molar-refractivity contribution in [2.45, 2.75) is 12.5 Å². The molecule has 0 amide bonds. The molecule has 118 valence electrons. The highest BCUT2D eigenvalue weighted by molar-refractivity contribution is 7.86. The van der Waals surface area contributed by atoms with Gasteiger partial charge in [-0.05, 0) is 18.6 Å². The monoisotopic (exact) mass is 321 g/mol. The van der Waals surface area contributed by atoms with Crippen molar-refractivity contribution in [1.82, 2.24) is 13.6 Å². The first kappa shape index (κ1) is 15.2. The average Bonchev–Trinajstić information content (AvgIpc) is 2.96. The largest absolute Gasteiger partial charge is 0.473 e. The van der Waals surface area contributed by atoms with Crippen molar-refractivity contribution in [1.29, 1.82) is 0 Å². The molecule has 0 aliphatic carbocycles. The molecule has 1 aliphatic rings. The summed E-state index contributed by atoms with van der Waals surface area (Å²) in [5, 5.41) is 1.05. The maximum atomic E-state index is 12.1. The Morgan fingerprint density at radius 1 is 1.23 bits per heavy atom. The molecule has 1 unspecified atom stereocenters. The molecule has 6 nitrogen and oxygen atoms in total. The van der Waals surface area contributed by atoms with Gasteiger partial charge >= 0.3 is 0 Å². The van der Waals surface area contributed by atoms with Crippen LogP contribution in [0.1, 0.15) is 6.42 Å². The molecule has 0 saturated carbocycles. The third-order valence-electron chi connectivity index (χ3n) is 3.76. The van der Waals surface area contributed by atoms with Crippen LogP contribution >= 0.6 is 0 Å². The van der Waals surface area contributed by atoms with Crippen LogP contribution in [0.5, 0.6) is 5.88 Å². The van der Waals surface area contributed by atoms with Gasteiger partial charge in [0.25, 0.3) is 10.2 Å². The molecule has 2 heterocycles. The van der Waals surface area contributed by atoms with Gasteiger partial charge in [-0.1, -0.05) is 18.2 Å². The summed E-state index contributed by atoms with van der Waals surface area (Å²) < 4.78 is 32.7. The number of aromatic nitrogens is 1. The second-order valence-corrected chi connectivity index (χ2v) is 7.66. The Labute approximate surface area is 130 Å². The summed E-state index contributed by atoms with van der Waals surface area (Å²) in [6.45, 7) is 0.827. The van der Waals surface area contributed by atoms with Crippen LogP contribution in [0.2, 0.25) is 0 Å². The van der Waals surface area contributed by atoms with Crippen molar-refractivity contribution in [3.63, 3.8) is 0 Å². The lowest BCUT2D eigenvalue weighted by Crippen LogP contribution is -2.39. The maximum absolute atomic E-state index is 12.1. The first-order chi connectivity index (χ1) is 10.5. The third-order valence-corrected chi connectivity index (χ3v) is 5.66. The van der Waals surface area contributed by atoms with E-state index in [4.69, 9.17) is 4.74 Å². The Morgan fingerprint density at radius 2 is 2.00 bits per heavy atom. The highest BCUT2D eigenvalue weighted by Crippen LogP contribution is 2.22. The van der Waals surface area contributed by atoms with Gasteiger partial charge in [-0.15, -0.1) is 0 Å². The van der Waals surface area contributed by atoms with Crippen LogP contribution in [-0.4, -0.2) is 55.3 Å². The minimum atomic E-state index is -3.37. The van der Waals surface area contributed by atoms with Crippen LogP contribution in [0, 0.1) is 0 Å². The zero-order valence-corrected chi connectivity index (χ0v) is 13.5. The lowest BCUT2D eigenvalue weighted by Gasteiger charge is -2.20. The second kappa shape index (κ2) is 5.83. The van der Waals surface area contributed by atoms with Gasteiger partial charge in [-0.3, -0.25) is 0 Å². The summed E-state index contributed by atoms with van der Waals surface area (Å²) in [6, 6.07) is 11.6. The van der Waals surface area contributed by atoms with Crippen LogP contribution in [-0.2, 0) is 10.2 Å². The highest BCUT2D eigenvalue weighted by Gasteiger charge is 2.33. The summed E-state index contributed by atoms with van der Waals surface area (Å²) in [5.74, 6) is 0.535. The molecule has 0 radical (unpaired) electrons. The number of benzene rings is 1. The fourth-order valence-corrected chi connectivity index (χ4v) is 3.67. The van der Waals surface area contributed by atoms with Gasteiger partial charge in [-0.25, -0.2) is 4.98 Å². The molecule has 1 saturated heterocycles. The standard InChI is InChI=1S/C15H19N3O3S/c1-17(2)22(19,20)18-10-9-13(11-18)21-15-8-7-12-5-3-4-6-14(12)16-15/h3-8,13H,9-11H2,1-2H3. The minimum absolute atomic E-state index is 0.164. The third kappa shape index (κ3) is 2.92. The Kier molecular flexibility index (Phi) is 4.03. The molecule has 0 N–H and O–H groups in total. The van der Waals surface area contributed by atoms with Crippen molar-refractivity contribution in [2.75, 3.05) is 27.2 Å². The smallest absolute Gasteiger partial charge is 0.281 e. The molecule has 3 rings (SSSR count). The normalized spacial score (nSPS) is 19.9. The Morgan fingerprint density at radius 3 is 2.77 bits per heavy atom. The van der Waals surface area contributed by atoms with Gasteiger partial charge in [0.15, 0.2) is 0 Å². The molecule has 1 aromatic carbocycles. The number of hydrogen-bond donors (Lipinski definition) is 0. The molecule has 0 bridgehead atoms. The lowest BCUT2D eigenvalue weighted by molar-refractivity contribution is 0.207. The summed E-state index contributed by atoms with van der Waals surface area (Å²) in [6.07, 6.45) is 0.505. The van der Waals surface area contributed by atoms with E-state index in [9.17, 15) is 8.42 Å². The first-order valence-corrected chi connectivity index (χ1v) is 8.56. The number of nitrogens with zero attached hydrogens (tertiary/aromatic N) is 3. The summed E-state index contributed by atoms with van der Waals surface area (Å²) >= 11 is 0.